The van der Waals surface area contributed by atoms with Crippen LogP contribution < -0.4 is 10.1 Å². The maximum atomic E-state index is 12.1. The van der Waals surface area contributed by atoms with Crippen molar-refractivity contribution >= 4 is 44.7 Å². The van der Waals surface area contributed by atoms with Crippen LogP contribution >= 0.6 is 22.9 Å². The number of nitrogens with zero attached hydrogens (tertiary/aromatic N) is 1. The van der Waals surface area contributed by atoms with Crippen LogP contribution in [0.25, 0.3) is 20.8 Å². The molecule has 0 spiro atoms. The summed E-state index contributed by atoms with van der Waals surface area (Å²) >= 11 is 7.64. The lowest BCUT2D eigenvalue weighted by Gasteiger charge is -2.09. The summed E-state index contributed by atoms with van der Waals surface area (Å²) in [5.74, 6) is 0.392. The van der Waals surface area contributed by atoms with E-state index in [4.69, 9.17) is 16.3 Å². The van der Waals surface area contributed by atoms with Crippen LogP contribution in [0.2, 0.25) is 5.02 Å². The molecule has 1 N–H and O–H groups in total. The third kappa shape index (κ3) is 4.16. The fourth-order valence-electron chi connectivity index (χ4n) is 2.74. The van der Waals surface area contributed by atoms with Crippen molar-refractivity contribution in [2.45, 2.75) is 6.92 Å². The van der Waals surface area contributed by atoms with Crippen LogP contribution in [0.3, 0.4) is 0 Å². The number of ether oxygens (including phenoxy) is 1. The number of anilines is 1. The average Bonchev–Trinajstić information content (AvgIpc) is 3.14. The number of benzene rings is 3. The summed E-state index contributed by atoms with van der Waals surface area (Å²) in [4.78, 5) is 16.8. The van der Waals surface area contributed by atoms with Gasteiger partial charge in [0.2, 0.25) is 0 Å². The van der Waals surface area contributed by atoms with Gasteiger partial charge in [0.25, 0.3) is 5.91 Å². The van der Waals surface area contributed by atoms with Crippen LogP contribution in [-0.4, -0.2) is 17.5 Å². The molecule has 1 heterocycles. The summed E-state index contributed by atoms with van der Waals surface area (Å²) in [5, 5.41) is 4.47. The summed E-state index contributed by atoms with van der Waals surface area (Å²) in [6, 6.07) is 21.0. The van der Waals surface area contributed by atoms with Gasteiger partial charge in [-0.2, -0.15) is 0 Å². The highest BCUT2D eigenvalue weighted by molar-refractivity contribution is 7.21. The van der Waals surface area contributed by atoms with Gasteiger partial charge in [-0.05, 0) is 67.1 Å². The smallest absolute Gasteiger partial charge is 0.262 e. The largest absolute Gasteiger partial charge is 0.484 e. The first-order valence-corrected chi connectivity index (χ1v) is 9.93. The van der Waals surface area contributed by atoms with Gasteiger partial charge in [0.1, 0.15) is 10.8 Å². The van der Waals surface area contributed by atoms with Crippen LogP contribution in [0, 0.1) is 6.92 Å². The van der Waals surface area contributed by atoms with E-state index < -0.39 is 0 Å². The predicted molar refractivity (Wildman–Crippen MR) is 115 cm³/mol. The minimum atomic E-state index is -0.222. The Morgan fingerprint density at radius 2 is 1.89 bits per heavy atom. The fourth-order valence-corrected chi connectivity index (χ4v) is 3.83. The van der Waals surface area contributed by atoms with Crippen LogP contribution in [0.4, 0.5) is 5.69 Å². The van der Waals surface area contributed by atoms with Gasteiger partial charge in [0.05, 0.1) is 10.2 Å². The zero-order valence-electron chi connectivity index (χ0n) is 15.1. The third-order valence-corrected chi connectivity index (χ3v) is 5.72. The van der Waals surface area contributed by atoms with Crippen molar-refractivity contribution in [1.29, 1.82) is 0 Å². The number of rotatable bonds is 5. The molecule has 0 radical (unpaired) electrons. The second-order valence-corrected chi connectivity index (χ2v) is 7.75. The average molecular weight is 409 g/mol. The summed E-state index contributed by atoms with van der Waals surface area (Å²) in [6.45, 7) is 1.82. The van der Waals surface area contributed by atoms with Gasteiger partial charge in [-0.1, -0.05) is 23.7 Å². The fraction of sp³-hybridized carbons (Fsp3) is 0.0909. The second-order valence-electron chi connectivity index (χ2n) is 6.31. The number of thiazole rings is 1. The van der Waals surface area contributed by atoms with Crippen molar-refractivity contribution < 1.29 is 9.53 Å². The van der Waals surface area contributed by atoms with E-state index in [9.17, 15) is 4.79 Å². The molecule has 0 saturated carbocycles. The number of fused-ring (bicyclic) bond motifs is 1. The SMILES string of the molecule is Cc1cc(OCC(=O)Nc2ccc(-c3nc4ccccc4s3)cc2)ccc1Cl. The van der Waals surface area contributed by atoms with E-state index in [1.165, 1.54) is 0 Å². The number of aryl methyl sites for hydroxylation is 1. The number of nitrogens with one attached hydrogen (secondary N) is 1. The molecule has 0 saturated heterocycles. The highest BCUT2D eigenvalue weighted by atomic mass is 35.5. The van der Waals surface area contributed by atoms with Crippen molar-refractivity contribution in [2.75, 3.05) is 11.9 Å². The number of halogens is 1. The molecule has 1 aromatic heterocycles. The minimum absolute atomic E-state index is 0.0688. The van der Waals surface area contributed by atoms with Crippen LogP contribution in [0.1, 0.15) is 5.56 Å². The third-order valence-electron chi connectivity index (χ3n) is 4.21. The minimum Gasteiger partial charge on any atom is -0.484 e. The number of amides is 1. The molecule has 4 rings (SSSR count). The number of hydrogen-bond acceptors (Lipinski definition) is 4. The van der Waals surface area contributed by atoms with Crippen molar-refractivity contribution in [3.63, 3.8) is 0 Å². The molecule has 6 heteroatoms. The molecule has 0 fully saturated rings. The topological polar surface area (TPSA) is 51.2 Å². The predicted octanol–water partition coefficient (Wildman–Crippen LogP) is 5.94. The van der Waals surface area contributed by atoms with E-state index in [0.717, 1.165) is 26.4 Å². The first kappa shape index (κ1) is 18.5. The Balaban J connectivity index is 1.38. The molecular formula is C22H17ClN2O2S. The zero-order chi connectivity index (χ0) is 19.5. The van der Waals surface area contributed by atoms with Crippen molar-refractivity contribution in [3.8, 4) is 16.3 Å². The van der Waals surface area contributed by atoms with Gasteiger partial charge < -0.3 is 10.1 Å². The van der Waals surface area contributed by atoms with E-state index in [2.05, 4.69) is 16.4 Å². The second kappa shape index (κ2) is 8.00. The Hall–Kier alpha value is -2.89. The molecular weight excluding hydrogens is 392 g/mol. The van der Waals surface area contributed by atoms with Gasteiger partial charge >= 0.3 is 0 Å². The lowest BCUT2D eigenvalue weighted by Crippen LogP contribution is -2.20. The van der Waals surface area contributed by atoms with Gasteiger partial charge in [-0.3, -0.25) is 4.79 Å². The monoisotopic (exact) mass is 408 g/mol. The van der Waals surface area contributed by atoms with Crippen molar-refractivity contribution in [2.24, 2.45) is 0 Å². The maximum Gasteiger partial charge on any atom is 0.262 e. The molecule has 4 aromatic rings. The van der Waals surface area contributed by atoms with Gasteiger partial charge in [0.15, 0.2) is 6.61 Å². The van der Waals surface area contributed by atoms with Gasteiger partial charge in [-0.15, -0.1) is 11.3 Å². The number of para-hydroxylation sites is 1. The number of carbonyl (C=O) groups excluding carboxylic acids is 1. The molecule has 0 bridgehead atoms. The summed E-state index contributed by atoms with van der Waals surface area (Å²) in [6.07, 6.45) is 0. The first-order valence-electron chi connectivity index (χ1n) is 8.73. The Morgan fingerprint density at radius 3 is 2.64 bits per heavy atom. The Bertz CT molecular complexity index is 1110. The molecule has 4 nitrogen and oxygen atoms in total. The Labute approximate surface area is 171 Å². The summed E-state index contributed by atoms with van der Waals surface area (Å²) in [5.41, 5.74) is 3.64. The highest BCUT2D eigenvalue weighted by Gasteiger charge is 2.08. The van der Waals surface area contributed by atoms with Crippen molar-refractivity contribution in [1.82, 2.24) is 4.98 Å². The van der Waals surface area contributed by atoms with Gasteiger partial charge in [0, 0.05) is 16.3 Å². The quantitative estimate of drug-likeness (QED) is 0.444. The van der Waals surface area contributed by atoms with Crippen LogP contribution in [0.5, 0.6) is 5.75 Å². The lowest BCUT2D eigenvalue weighted by molar-refractivity contribution is -0.118. The van der Waals surface area contributed by atoms with Crippen molar-refractivity contribution in [3.05, 3.63) is 77.3 Å². The molecule has 0 unspecified atom stereocenters. The highest BCUT2D eigenvalue weighted by Crippen LogP contribution is 2.30. The molecule has 28 heavy (non-hydrogen) atoms. The first-order chi connectivity index (χ1) is 13.6. The van der Waals surface area contributed by atoms with E-state index in [-0.39, 0.29) is 12.5 Å². The van der Waals surface area contributed by atoms with E-state index in [1.54, 1.807) is 23.5 Å². The zero-order valence-corrected chi connectivity index (χ0v) is 16.7. The molecule has 0 aliphatic carbocycles. The van der Waals surface area contributed by atoms with E-state index in [1.807, 2.05) is 55.5 Å². The standard InChI is InChI=1S/C22H17ClN2O2S/c1-14-12-17(10-11-18(14)23)27-13-21(26)24-16-8-6-15(7-9-16)22-25-19-4-2-3-5-20(19)28-22/h2-12H,13H2,1H3,(H,24,26). The number of carbonyl (C=O) groups is 1. The number of aromatic nitrogens is 1. The molecule has 3 aromatic carbocycles. The maximum absolute atomic E-state index is 12.1. The normalized spacial score (nSPS) is 10.8. The van der Waals surface area contributed by atoms with Gasteiger partial charge in [-0.25, -0.2) is 4.98 Å². The molecule has 0 aliphatic heterocycles. The lowest BCUT2D eigenvalue weighted by atomic mass is 10.2. The van der Waals surface area contributed by atoms with E-state index >= 15 is 0 Å². The summed E-state index contributed by atoms with van der Waals surface area (Å²) in [7, 11) is 0. The molecule has 0 atom stereocenters. The van der Waals surface area contributed by atoms with E-state index in [0.29, 0.717) is 16.5 Å². The Kier molecular flexibility index (Phi) is 5.28. The molecule has 1 amide bonds. The van der Waals surface area contributed by atoms with Crippen LogP contribution in [-0.2, 0) is 4.79 Å². The van der Waals surface area contributed by atoms with Crippen LogP contribution in [0.15, 0.2) is 66.7 Å². The molecule has 140 valence electrons. The Morgan fingerprint density at radius 1 is 1.11 bits per heavy atom. The molecule has 0 aliphatic rings. The summed E-state index contributed by atoms with van der Waals surface area (Å²) < 4.78 is 6.68. The number of hydrogen-bond donors (Lipinski definition) is 1.